The number of benzene rings is 1. The maximum absolute atomic E-state index is 13.1. The van der Waals surface area contributed by atoms with Crippen LogP contribution in [0.2, 0.25) is 0 Å². The van der Waals surface area contributed by atoms with E-state index >= 15 is 0 Å². The molecule has 2 rings (SSSR count). The molecule has 0 spiro atoms. The van der Waals surface area contributed by atoms with Crippen molar-refractivity contribution < 1.29 is 22.4 Å². The van der Waals surface area contributed by atoms with E-state index in [0.29, 0.717) is 17.8 Å². The number of nitrogens with one attached hydrogen (secondary N) is 1. The number of rotatable bonds is 2. The Kier molecular flexibility index (Phi) is 3.79. The third-order valence-electron chi connectivity index (χ3n) is 2.55. The van der Waals surface area contributed by atoms with Crippen molar-refractivity contribution >= 4 is 17.3 Å². The van der Waals surface area contributed by atoms with Gasteiger partial charge in [0, 0.05) is 5.69 Å². The van der Waals surface area contributed by atoms with Gasteiger partial charge < -0.3 is 11.1 Å². The second kappa shape index (κ2) is 5.39. The summed E-state index contributed by atoms with van der Waals surface area (Å²) in [5, 5.41) is 2.21. The van der Waals surface area contributed by atoms with Gasteiger partial charge in [-0.05, 0) is 30.3 Å². The van der Waals surface area contributed by atoms with E-state index in [-0.39, 0.29) is 11.4 Å². The summed E-state index contributed by atoms with van der Waals surface area (Å²) in [4.78, 5) is 15.5. The van der Waals surface area contributed by atoms with Crippen LogP contribution in [-0.4, -0.2) is 10.9 Å². The van der Waals surface area contributed by atoms with Crippen LogP contribution in [0, 0.1) is 5.82 Å². The van der Waals surface area contributed by atoms with Crippen molar-refractivity contribution in [2.24, 2.45) is 0 Å². The minimum Gasteiger partial charge on any atom is -0.397 e. The van der Waals surface area contributed by atoms with E-state index in [1.165, 1.54) is 18.3 Å². The summed E-state index contributed by atoms with van der Waals surface area (Å²) in [6, 6.07) is 4.92. The molecule has 0 saturated carbocycles. The zero-order valence-electron chi connectivity index (χ0n) is 10.4. The van der Waals surface area contributed by atoms with Crippen molar-refractivity contribution in [3.05, 3.63) is 53.6 Å². The summed E-state index contributed by atoms with van der Waals surface area (Å²) in [5.41, 5.74) is 4.08. The fraction of sp³-hybridized carbons (Fsp3) is 0.0769. The van der Waals surface area contributed by atoms with Crippen molar-refractivity contribution in [1.82, 2.24) is 4.98 Å². The van der Waals surface area contributed by atoms with Gasteiger partial charge in [0.2, 0.25) is 0 Å². The summed E-state index contributed by atoms with van der Waals surface area (Å²) in [7, 11) is 0. The van der Waals surface area contributed by atoms with E-state index in [2.05, 4.69) is 10.3 Å². The smallest absolute Gasteiger partial charge is 0.397 e. The molecule has 3 N–H and O–H groups in total. The van der Waals surface area contributed by atoms with Gasteiger partial charge in [-0.15, -0.1) is 0 Å². The Labute approximate surface area is 116 Å². The second-order valence-electron chi connectivity index (χ2n) is 4.12. The topological polar surface area (TPSA) is 68.0 Å². The predicted octanol–water partition coefficient (Wildman–Crippen LogP) is 3.07. The van der Waals surface area contributed by atoms with Crippen LogP contribution in [0.5, 0.6) is 0 Å². The number of hydrogen-bond acceptors (Lipinski definition) is 3. The Balaban J connectivity index is 2.24. The first kappa shape index (κ1) is 14.8. The third kappa shape index (κ3) is 3.47. The molecule has 0 bridgehead atoms. The first-order valence-electron chi connectivity index (χ1n) is 5.67. The van der Waals surface area contributed by atoms with Crippen molar-refractivity contribution in [3.63, 3.8) is 0 Å². The molecule has 1 aromatic carbocycles. The zero-order chi connectivity index (χ0) is 15.6. The summed E-state index contributed by atoms with van der Waals surface area (Å²) < 4.78 is 50.8. The van der Waals surface area contributed by atoms with Crippen LogP contribution in [0.1, 0.15) is 16.1 Å². The number of carbonyl (C=O) groups excluding carboxylic acids is 1. The van der Waals surface area contributed by atoms with Gasteiger partial charge >= 0.3 is 6.18 Å². The quantitative estimate of drug-likeness (QED) is 0.837. The van der Waals surface area contributed by atoms with E-state index in [4.69, 9.17) is 5.73 Å². The number of anilines is 2. The Morgan fingerprint density at radius 2 is 1.90 bits per heavy atom. The van der Waals surface area contributed by atoms with E-state index in [9.17, 15) is 22.4 Å². The van der Waals surface area contributed by atoms with Crippen LogP contribution >= 0.6 is 0 Å². The number of alkyl halides is 3. The molecule has 0 aliphatic carbocycles. The first-order valence-corrected chi connectivity index (χ1v) is 5.67. The van der Waals surface area contributed by atoms with E-state index in [1.54, 1.807) is 0 Å². The number of hydrogen-bond donors (Lipinski definition) is 2. The molecular formula is C13H9F4N3O. The molecule has 2 aromatic rings. The summed E-state index contributed by atoms with van der Waals surface area (Å²) in [6.07, 6.45) is -3.61. The van der Waals surface area contributed by atoms with Gasteiger partial charge in [-0.3, -0.25) is 4.79 Å². The van der Waals surface area contributed by atoms with Crippen LogP contribution < -0.4 is 11.1 Å². The highest BCUT2D eigenvalue weighted by molar-refractivity contribution is 6.02. The number of amides is 1. The highest BCUT2D eigenvalue weighted by Gasteiger charge is 2.34. The molecule has 21 heavy (non-hydrogen) atoms. The number of halogens is 4. The van der Waals surface area contributed by atoms with Crippen LogP contribution in [0.3, 0.4) is 0 Å². The van der Waals surface area contributed by atoms with Gasteiger partial charge in [0.05, 0.1) is 17.4 Å². The Morgan fingerprint density at radius 3 is 2.48 bits per heavy atom. The molecule has 8 heteroatoms. The molecule has 0 radical (unpaired) electrons. The van der Waals surface area contributed by atoms with Crippen LogP contribution in [-0.2, 0) is 6.18 Å². The predicted molar refractivity (Wildman–Crippen MR) is 68.0 cm³/mol. The summed E-state index contributed by atoms with van der Waals surface area (Å²) in [6.45, 7) is 0. The lowest BCUT2D eigenvalue weighted by Crippen LogP contribution is -2.15. The van der Waals surface area contributed by atoms with Crippen molar-refractivity contribution in [2.45, 2.75) is 6.18 Å². The lowest BCUT2D eigenvalue weighted by atomic mass is 10.1. The fourth-order valence-corrected chi connectivity index (χ4v) is 1.56. The van der Waals surface area contributed by atoms with Crippen LogP contribution in [0.4, 0.5) is 28.9 Å². The van der Waals surface area contributed by atoms with Crippen LogP contribution in [0.25, 0.3) is 0 Å². The van der Waals surface area contributed by atoms with Gasteiger partial charge in [0.25, 0.3) is 5.91 Å². The molecule has 110 valence electrons. The van der Waals surface area contributed by atoms with Crippen LogP contribution in [0.15, 0.2) is 36.5 Å². The molecule has 0 aliphatic heterocycles. The lowest BCUT2D eigenvalue weighted by molar-refractivity contribution is -0.139. The minimum absolute atomic E-state index is 0.0258. The molecule has 1 heterocycles. The minimum atomic E-state index is -4.84. The largest absolute Gasteiger partial charge is 0.419 e. The number of aromatic nitrogens is 1. The molecule has 1 amide bonds. The van der Waals surface area contributed by atoms with E-state index < -0.39 is 23.5 Å². The molecule has 4 nitrogen and oxygen atoms in total. The second-order valence-corrected chi connectivity index (χ2v) is 4.12. The lowest BCUT2D eigenvalue weighted by Gasteiger charge is -2.11. The molecule has 0 atom stereocenters. The van der Waals surface area contributed by atoms with E-state index in [0.717, 1.165) is 6.07 Å². The van der Waals surface area contributed by atoms with Crippen molar-refractivity contribution in [3.8, 4) is 0 Å². The van der Waals surface area contributed by atoms with Gasteiger partial charge in [-0.25, -0.2) is 9.37 Å². The maximum Gasteiger partial charge on any atom is 0.419 e. The highest BCUT2D eigenvalue weighted by Crippen LogP contribution is 2.33. The number of carbonyl (C=O) groups is 1. The molecule has 0 aliphatic rings. The van der Waals surface area contributed by atoms with E-state index in [1.807, 2.05) is 0 Å². The average molecular weight is 299 g/mol. The normalized spacial score (nSPS) is 11.2. The molecule has 0 unspecified atom stereocenters. The molecule has 0 fully saturated rings. The van der Waals surface area contributed by atoms with Gasteiger partial charge in [-0.2, -0.15) is 13.2 Å². The SMILES string of the molecule is Nc1ccc(C(=O)Nc2ccc(F)c(C(F)(F)F)c2)nc1. The number of nitrogen functional groups attached to an aromatic ring is 1. The number of nitrogens with zero attached hydrogens (tertiary/aromatic N) is 1. The Bertz CT molecular complexity index is 668. The molecule has 1 aromatic heterocycles. The van der Waals surface area contributed by atoms with Crippen molar-refractivity contribution in [1.29, 1.82) is 0 Å². The standard InChI is InChI=1S/C13H9F4N3O/c14-10-3-2-8(5-9(10)13(15,16)17)20-12(21)11-4-1-7(18)6-19-11/h1-6H,18H2,(H,20,21). The summed E-state index contributed by atoms with van der Waals surface area (Å²) >= 11 is 0. The monoisotopic (exact) mass is 299 g/mol. The summed E-state index contributed by atoms with van der Waals surface area (Å²) in [5.74, 6) is -2.14. The van der Waals surface area contributed by atoms with Gasteiger partial charge in [0.15, 0.2) is 0 Å². The highest BCUT2D eigenvalue weighted by atomic mass is 19.4. The fourth-order valence-electron chi connectivity index (χ4n) is 1.56. The molecular weight excluding hydrogens is 290 g/mol. The number of nitrogens with two attached hydrogens (primary N) is 1. The third-order valence-corrected chi connectivity index (χ3v) is 2.55. The van der Waals surface area contributed by atoms with Gasteiger partial charge in [0.1, 0.15) is 11.5 Å². The maximum atomic E-state index is 13.1. The van der Waals surface area contributed by atoms with Gasteiger partial charge in [-0.1, -0.05) is 0 Å². The van der Waals surface area contributed by atoms with Crippen molar-refractivity contribution in [2.75, 3.05) is 11.1 Å². The molecule has 0 saturated heterocycles. The first-order chi connectivity index (χ1) is 9.77. The zero-order valence-corrected chi connectivity index (χ0v) is 10.4. The average Bonchev–Trinajstić information content (AvgIpc) is 2.40. The Morgan fingerprint density at radius 1 is 1.19 bits per heavy atom. The Hall–Kier alpha value is -2.64. The number of pyridine rings is 1.